The van der Waals surface area contributed by atoms with E-state index in [1.807, 2.05) is 13.0 Å². The average Bonchev–Trinajstić information content (AvgIpc) is 2.41. The van der Waals surface area contributed by atoms with Crippen molar-refractivity contribution in [2.45, 2.75) is 25.7 Å². The Morgan fingerprint density at radius 3 is 2.29 bits per heavy atom. The van der Waals surface area contributed by atoms with E-state index in [1.54, 1.807) is 50.2 Å². The molecule has 0 atom stereocenters. The van der Waals surface area contributed by atoms with Gasteiger partial charge < -0.3 is 0 Å². The van der Waals surface area contributed by atoms with Crippen molar-refractivity contribution in [3.63, 3.8) is 0 Å². The van der Waals surface area contributed by atoms with Crippen LogP contribution in [-0.4, -0.2) is 14.1 Å². The Morgan fingerprint density at radius 2 is 1.67 bits per heavy atom. The van der Waals surface area contributed by atoms with E-state index in [9.17, 15) is 8.42 Å². The first-order chi connectivity index (χ1) is 9.79. The topological polar surface area (TPSA) is 46.5 Å². The molecule has 0 amide bonds. The van der Waals surface area contributed by atoms with Crippen molar-refractivity contribution in [1.82, 2.24) is 0 Å². The molecule has 2 aromatic carbocycles. The Kier molecular flexibility index (Phi) is 4.49. The lowest BCUT2D eigenvalue weighted by Gasteiger charge is -2.06. The minimum Gasteiger partial charge on any atom is -0.199 e. The van der Waals surface area contributed by atoms with Gasteiger partial charge in [0.05, 0.1) is 10.6 Å². The summed E-state index contributed by atoms with van der Waals surface area (Å²) in [7, 11) is -3.72. The molecule has 0 aromatic heterocycles. The van der Waals surface area contributed by atoms with Gasteiger partial charge in [-0.2, -0.15) is 12.8 Å². The van der Waals surface area contributed by atoms with Crippen LogP contribution in [0, 0.1) is 13.8 Å². The monoisotopic (exact) mass is 321 g/mol. The van der Waals surface area contributed by atoms with Crippen LogP contribution < -0.4 is 0 Å². The molecule has 2 aromatic rings. The van der Waals surface area contributed by atoms with Gasteiger partial charge in [-0.1, -0.05) is 35.9 Å². The SMILES string of the molecule is C/C(=N\S(=O)(=O)c1cc(C)ccc1C)c1ccc(Cl)cc1. The first-order valence-electron chi connectivity index (χ1n) is 6.44. The van der Waals surface area contributed by atoms with Crippen LogP contribution >= 0.6 is 11.6 Å². The number of halogens is 1. The van der Waals surface area contributed by atoms with E-state index in [4.69, 9.17) is 11.6 Å². The zero-order valence-electron chi connectivity index (χ0n) is 12.1. The maximum Gasteiger partial charge on any atom is 0.282 e. The Balaban J connectivity index is 2.47. The molecule has 0 fully saturated rings. The molecule has 0 bridgehead atoms. The van der Waals surface area contributed by atoms with E-state index in [0.717, 1.165) is 11.1 Å². The first-order valence-corrected chi connectivity index (χ1v) is 8.26. The Morgan fingerprint density at radius 1 is 1.05 bits per heavy atom. The minimum absolute atomic E-state index is 0.246. The third kappa shape index (κ3) is 3.71. The molecule has 21 heavy (non-hydrogen) atoms. The van der Waals surface area contributed by atoms with E-state index in [0.29, 0.717) is 16.3 Å². The van der Waals surface area contributed by atoms with Gasteiger partial charge in [-0.05, 0) is 55.7 Å². The minimum atomic E-state index is -3.72. The summed E-state index contributed by atoms with van der Waals surface area (Å²) in [6.45, 7) is 5.29. The second kappa shape index (κ2) is 6.00. The number of sulfonamides is 1. The highest BCUT2D eigenvalue weighted by molar-refractivity contribution is 7.90. The smallest absolute Gasteiger partial charge is 0.199 e. The first kappa shape index (κ1) is 15.7. The van der Waals surface area contributed by atoms with E-state index in [1.165, 1.54) is 0 Å². The summed E-state index contributed by atoms with van der Waals surface area (Å²) in [6.07, 6.45) is 0. The molecule has 110 valence electrons. The molecule has 0 aliphatic carbocycles. The molecule has 0 N–H and O–H groups in total. The van der Waals surface area contributed by atoms with E-state index in [2.05, 4.69) is 4.40 Å². The summed E-state index contributed by atoms with van der Waals surface area (Å²) >= 11 is 5.83. The van der Waals surface area contributed by atoms with Crippen molar-refractivity contribution in [3.05, 3.63) is 64.2 Å². The molecular formula is C16H16ClNO2S. The van der Waals surface area contributed by atoms with Crippen LogP contribution in [0.2, 0.25) is 5.02 Å². The fourth-order valence-corrected chi connectivity index (χ4v) is 3.46. The molecule has 0 saturated heterocycles. The van der Waals surface area contributed by atoms with E-state index < -0.39 is 10.0 Å². The van der Waals surface area contributed by atoms with Crippen LogP contribution in [0.25, 0.3) is 0 Å². The van der Waals surface area contributed by atoms with Crippen molar-refractivity contribution in [2.24, 2.45) is 4.40 Å². The molecule has 3 nitrogen and oxygen atoms in total. The molecule has 2 rings (SSSR count). The molecule has 5 heteroatoms. The van der Waals surface area contributed by atoms with Crippen LogP contribution in [0.15, 0.2) is 51.8 Å². The van der Waals surface area contributed by atoms with Crippen LogP contribution in [0.1, 0.15) is 23.6 Å². The van der Waals surface area contributed by atoms with E-state index in [-0.39, 0.29) is 4.90 Å². The fraction of sp³-hybridized carbons (Fsp3) is 0.188. The second-order valence-corrected chi connectivity index (χ2v) is 6.94. The standard InChI is InChI=1S/C16H16ClNO2S/c1-11-4-5-12(2)16(10-11)21(19,20)18-13(3)14-6-8-15(17)9-7-14/h4-10H,1-3H3/b18-13+. The quantitative estimate of drug-likeness (QED) is 0.797. The fourth-order valence-electron chi connectivity index (χ4n) is 1.96. The molecular weight excluding hydrogens is 306 g/mol. The van der Waals surface area contributed by atoms with Gasteiger partial charge in [0.15, 0.2) is 0 Å². The largest absolute Gasteiger partial charge is 0.282 e. The Bertz CT molecular complexity index is 794. The summed E-state index contributed by atoms with van der Waals surface area (Å²) in [5.74, 6) is 0. The number of benzene rings is 2. The molecule has 0 aliphatic rings. The van der Waals surface area contributed by atoms with Gasteiger partial charge in [-0.3, -0.25) is 0 Å². The third-order valence-electron chi connectivity index (χ3n) is 3.14. The normalized spacial score (nSPS) is 12.5. The summed E-state index contributed by atoms with van der Waals surface area (Å²) in [4.78, 5) is 0.246. The van der Waals surface area contributed by atoms with Crippen LogP contribution in [0.3, 0.4) is 0 Å². The van der Waals surface area contributed by atoms with E-state index >= 15 is 0 Å². The zero-order chi connectivity index (χ0) is 15.6. The maximum absolute atomic E-state index is 12.4. The van der Waals surface area contributed by atoms with Crippen molar-refractivity contribution in [2.75, 3.05) is 0 Å². The van der Waals surface area contributed by atoms with Gasteiger partial charge in [-0.15, -0.1) is 0 Å². The van der Waals surface area contributed by atoms with Crippen LogP contribution in [0.5, 0.6) is 0 Å². The highest BCUT2D eigenvalue weighted by Crippen LogP contribution is 2.20. The molecule has 0 aliphatic heterocycles. The number of hydrogen-bond donors (Lipinski definition) is 0. The predicted octanol–water partition coefficient (Wildman–Crippen LogP) is 4.15. The lowest BCUT2D eigenvalue weighted by atomic mass is 10.1. The number of nitrogens with zero attached hydrogens (tertiary/aromatic N) is 1. The lowest BCUT2D eigenvalue weighted by Crippen LogP contribution is -2.05. The molecule has 0 heterocycles. The zero-order valence-corrected chi connectivity index (χ0v) is 13.7. The van der Waals surface area contributed by atoms with Gasteiger partial charge in [0, 0.05) is 5.02 Å². The van der Waals surface area contributed by atoms with Crippen LogP contribution in [-0.2, 0) is 10.0 Å². The predicted molar refractivity (Wildman–Crippen MR) is 86.8 cm³/mol. The van der Waals surface area contributed by atoms with Gasteiger partial charge in [0.1, 0.15) is 0 Å². The second-order valence-electron chi connectivity index (χ2n) is 4.93. The van der Waals surface area contributed by atoms with Crippen molar-refractivity contribution >= 4 is 27.3 Å². The Labute approximate surface area is 130 Å². The van der Waals surface area contributed by atoms with Gasteiger partial charge in [-0.25, -0.2) is 0 Å². The van der Waals surface area contributed by atoms with Crippen molar-refractivity contribution in [1.29, 1.82) is 0 Å². The highest BCUT2D eigenvalue weighted by atomic mass is 35.5. The number of hydrogen-bond acceptors (Lipinski definition) is 2. The van der Waals surface area contributed by atoms with Gasteiger partial charge >= 0.3 is 0 Å². The molecule has 0 unspecified atom stereocenters. The van der Waals surface area contributed by atoms with Crippen molar-refractivity contribution < 1.29 is 8.42 Å². The summed E-state index contributed by atoms with van der Waals surface area (Å²) in [5.41, 5.74) is 2.74. The lowest BCUT2D eigenvalue weighted by molar-refractivity contribution is 0.597. The molecule has 0 spiro atoms. The number of aryl methyl sites for hydroxylation is 2. The Hall–Kier alpha value is -1.65. The highest BCUT2D eigenvalue weighted by Gasteiger charge is 2.16. The summed E-state index contributed by atoms with van der Waals surface area (Å²) < 4.78 is 28.8. The third-order valence-corrected chi connectivity index (χ3v) is 4.90. The van der Waals surface area contributed by atoms with Gasteiger partial charge in [0.25, 0.3) is 10.0 Å². The average molecular weight is 322 g/mol. The van der Waals surface area contributed by atoms with Crippen LogP contribution in [0.4, 0.5) is 0 Å². The van der Waals surface area contributed by atoms with Gasteiger partial charge in [0.2, 0.25) is 0 Å². The number of rotatable bonds is 3. The molecule has 0 saturated carbocycles. The van der Waals surface area contributed by atoms with Crippen molar-refractivity contribution in [3.8, 4) is 0 Å². The maximum atomic E-state index is 12.4. The molecule has 0 radical (unpaired) electrons. The summed E-state index contributed by atoms with van der Waals surface area (Å²) in [6, 6.07) is 12.2. The summed E-state index contributed by atoms with van der Waals surface area (Å²) in [5, 5.41) is 0.601.